The van der Waals surface area contributed by atoms with Gasteiger partial charge in [0.1, 0.15) is 4.99 Å². The van der Waals surface area contributed by atoms with Gasteiger partial charge in [0.15, 0.2) is 9.84 Å². The molecule has 1 rings (SSSR count). The lowest BCUT2D eigenvalue weighted by Gasteiger charge is -2.07. The average Bonchev–Trinajstić information content (AvgIpc) is 2.29. The first-order valence-corrected chi connectivity index (χ1v) is 7.52. The number of rotatable bonds is 6. The maximum Gasteiger partial charge on any atom is 0.151 e. The van der Waals surface area contributed by atoms with E-state index in [1.165, 1.54) is 0 Å². The van der Waals surface area contributed by atoms with E-state index >= 15 is 0 Å². The summed E-state index contributed by atoms with van der Waals surface area (Å²) in [7, 11) is -2.91. The summed E-state index contributed by atoms with van der Waals surface area (Å²) >= 11 is 4.84. The molecular formula is C11H16N2O2S2. The van der Waals surface area contributed by atoms with Crippen LogP contribution in [0.25, 0.3) is 0 Å². The molecule has 0 amide bonds. The van der Waals surface area contributed by atoms with Crippen molar-refractivity contribution in [2.75, 3.05) is 23.4 Å². The Balaban J connectivity index is 2.51. The van der Waals surface area contributed by atoms with Crippen molar-refractivity contribution in [1.82, 2.24) is 0 Å². The highest BCUT2D eigenvalue weighted by Gasteiger charge is 2.06. The molecule has 0 spiro atoms. The molecule has 0 aromatic heterocycles. The van der Waals surface area contributed by atoms with Gasteiger partial charge in [-0.15, -0.1) is 0 Å². The van der Waals surface area contributed by atoms with E-state index in [2.05, 4.69) is 5.32 Å². The molecule has 0 unspecified atom stereocenters. The Morgan fingerprint density at radius 1 is 1.35 bits per heavy atom. The first-order valence-electron chi connectivity index (χ1n) is 5.29. The van der Waals surface area contributed by atoms with E-state index in [1.54, 1.807) is 19.1 Å². The van der Waals surface area contributed by atoms with Crippen LogP contribution in [-0.2, 0) is 9.84 Å². The molecule has 1 aromatic rings. The molecule has 6 heteroatoms. The summed E-state index contributed by atoms with van der Waals surface area (Å²) in [5.41, 5.74) is 7.13. The van der Waals surface area contributed by atoms with Crippen LogP contribution in [-0.4, -0.2) is 31.5 Å². The van der Waals surface area contributed by atoms with Crippen molar-refractivity contribution in [1.29, 1.82) is 0 Å². The van der Waals surface area contributed by atoms with Gasteiger partial charge in [-0.1, -0.05) is 19.1 Å². The summed E-state index contributed by atoms with van der Waals surface area (Å²) in [5.74, 6) is 0.315. The fraction of sp³-hybridized carbons (Fsp3) is 0.364. The number of hydrogen-bond acceptors (Lipinski definition) is 4. The number of thiocarbonyl (C=S) groups is 1. The van der Waals surface area contributed by atoms with Gasteiger partial charge in [-0.2, -0.15) is 0 Å². The molecule has 3 N–H and O–H groups in total. The molecule has 0 aliphatic heterocycles. The SMILES string of the molecule is CCS(=O)(=O)CCNc1ccc(C(N)=S)cc1. The second-order valence-corrected chi connectivity index (χ2v) is 6.52. The Bertz CT molecular complexity index is 481. The Morgan fingerprint density at radius 2 is 1.94 bits per heavy atom. The van der Waals surface area contributed by atoms with Gasteiger partial charge in [-0.3, -0.25) is 0 Å². The van der Waals surface area contributed by atoms with E-state index in [4.69, 9.17) is 18.0 Å². The number of benzene rings is 1. The van der Waals surface area contributed by atoms with E-state index in [-0.39, 0.29) is 11.5 Å². The molecule has 0 saturated heterocycles. The van der Waals surface area contributed by atoms with Crippen LogP contribution >= 0.6 is 12.2 Å². The molecule has 0 atom stereocenters. The van der Waals surface area contributed by atoms with Crippen molar-refractivity contribution in [3.8, 4) is 0 Å². The van der Waals surface area contributed by atoms with E-state index in [0.29, 0.717) is 11.5 Å². The molecule has 0 aliphatic carbocycles. The molecule has 4 nitrogen and oxygen atoms in total. The van der Waals surface area contributed by atoms with Gasteiger partial charge in [-0.05, 0) is 24.3 Å². The minimum Gasteiger partial charge on any atom is -0.389 e. The van der Waals surface area contributed by atoms with Gasteiger partial charge in [0.2, 0.25) is 0 Å². The van der Waals surface area contributed by atoms with Gasteiger partial charge in [-0.25, -0.2) is 8.42 Å². The van der Waals surface area contributed by atoms with Crippen molar-refractivity contribution >= 4 is 32.7 Å². The highest BCUT2D eigenvalue weighted by Crippen LogP contribution is 2.09. The maximum atomic E-state index is 11.3. The monoisotopic (exact) mass is 272 g/mol. The standard InChI is InChI=1S/C11H16N2O2S2/c1-2-17(14,15)8-7-13-10-5-3-9(4-6-10)11(12)16/h3-6,13H,2,7-8H2,1H3,(H2,12,16). The largest absolute Gasteiger partial charge is 0.389 e. The third kappa shape index (κ3) is 4.70. The molecule has 0 bridgehead atoms. The Hall–Kier alpha value is -1.14. The van der Waals surface area contributed by atoms with Crippen molar-refractivity contribution < 1.29 is 8.42 Å². The van der Waals surface area contributed by atoms with Gasteiger partial charge >= 0.3 is 0 Å². The highest BCUT2D eigenvalue weighted by atomic mass is 32.2. The zero-order valence-electron chi connectivity index (χ0n) is 9.64. The second-order valence-electron chi connectivity index (χ2n) is 3.60. The van der Waals surface area contributed by atoms with Gasteiger partial charge in [0, 0.05) is 23.5 Å². The fourth-order valence-corrected chi connectivity index (χ4v) is 2.09. The quantitative estimate of drug-likeness (QED) is 0.761. The Kier molecular flexibility index (Phi) is 4.89. The first-order chi connectivity index (χ1) is 7.94. The van der Waals surface area contributed by atoms with Gasteiger partial charge < -0.3 is 11.1 Å². The lowest BCUT2D eigenvalue weighted by Crippen LogP contribution is -2.17. The molecular weight excluding hydrogens is 256 g/mol. The maximum absolute atomic E-state index is 11.3. The molecule has 0 radical (unpaired) electrons. The Labute approximate surface area is 107 Å². The van der Waals surface area contributed by atoms with E-state index in [1.807, 2.05) is 12.1 Å². The number of sulfone groups is 1. The number of hydrogen-bond donors (Lipinski definition) is 2. The molecule has 0 saturated carbocycles. The van der Waals surface area contributed by atoms with E-state index in [9.17, 15) is 8.42 Å². The number of nitrogens with two attached hydrogens (primary N) is 1. The van der Waals surface area contributed by atoms with Crippen molar-refractivity contribution in [2.24, 2.45) is 5.73 Å². The fourth-order valence-electron chi connectivity index (χ4n) is 1.25. The van der Waals surface area contributed by atoms with E-state index in [0.717, 1.165) is 11.3 Å². The second kappa shape index (κ2) is 5.97. The van der Waals surface area contributed by atoms with Gasteiger partial charge in [0.25, 0.3) is 0 Å². The lowest BCUT2D eigenvalue weighted by atomic mass is 10.2. The smallest absolute Gasteiger partial charge is 0.151 e. The predicted octanol–water partition coefficient (Wildman–Crippen LogP) is 1.17. The van der Waals surface area contributed by atoms with Crippen LogP contribution in [0.4, 0.5) is 5.69 Å². The third-order valence-corrected chi connectivity index (χ3v) is 4.29. The average molecular weight is 272 g/mol. The van der Waals surface area contributed by atoms with Crippen LogP contribution in [0.2, 0.25) is 0 Å². The molecule has 0 heterocycles. The van der Waals surface area contributed by atoms with Crippen LogP contribution in [0.5, 0.6) is 0 Å². The minimum atomic E-state index is -2.91. The van der Waals surface area contributed by atoms with Crippen LogP contribution in [0, 0.1) is 0 Å². The van der Waals surface area contributed by atoms with Crippen LogP contribution < -0.4 is 11.1 Å². The van der Waals surface area contributed by atoms with Crippen LogP contribution in [0.3, 0.4) is 0 Å². The topological polar surface area (TPSA) is 72.2 Å². The number of anilines is 1. The Morgan fingerprint density at radius 3 is 2.41 bits per heavy atom. The van der Waals surface area contributed by atoms with Crippen molar-refractivity contribution in [2.45, 2.75) is 6.92 Å². The molecule has 0 fully saturated rings. The summed E-state index contributed by atoms with van der Waals surface area (Å²) in [4.78, 5) is 0.352. The zero-order chi connectivity index (χ0) is 12.9. The summed E-state index contributed by atoms with van der Waals surface area (Å²) in [6, 6.07) is 7.26. The number of nitrogens with one attached hydrogen (secondary N) is 1. The van der Waals surface area contributed by atoms with E-state index < -0.39 is 9.84 Å². The third-order valence-electron chi connectivity index (χ3n) is 2.35. The molecule has 0 aliphatic rings. The van der Waals surface area contributed by atoms with Crippen LogP contribution in [0.15, 0.2) is 24.3 Å². The predicted molar refractivity (Wildman–Crippen MR) is 75.1 cm³/mol. The summed E-state index contributed by atoms with van der Waals surface area (Å²) in [6.07, 6.45) is 0. The summed E-state index contributed by atoms with van der Waals surface area (Å²) in [5, 5.41) is 3.04. The van der Waals surface area contributed by atoms with Gasteiger partial charge in [0.05, 0.1) is 5.75 Å². The first kappa shape index (κ1) is 13.9. The van der Waals surface area contributed by atoms with Crippen LogP contribution in [0.1, 0.15) is 12.5 Å². The highest BCUT2D eigenvalue weighted by molar-refractivity contribution is 7.91. The lowest BCUT2D eigenvalue weighted by molar-refractivity contribution is 0.597. The molecule has 1 aromatic carbocycles. The van der Waals surface area contributed by atoms with Crippen molar-refractivity contribution in [3.63, 3.8) is 0 Å². The molecule has 94 valence electrons. The zero-order valence-corrected chi connectivity index (χ0v) is 11.3. The van der Waals surface area contributed by atoms with Crippen molar-refractivity contribution in [3.05, 3.63) is 29.8 Å². The normalized spacial score (nSPS) is 11.1. The molecule has 17 heavy (non-hydrogen) atoms. The minimum absolute atomic E-state index is 0.139. The summed E-state index contributed by atoms with van der Waals surface area (Å²) < 4.78 is 22.5. The summed E-state index contributed by atoms with van der Waals surface area (Å²) in [6.45, 7) is 2.05.